The number of hydrogen-bond donors (Lipinski definition) is 0. The molecule has 0 aliphatic carbocycles. The summed E-state index contributed by atoms with van der Waals surface area (Å²) < 4.78 is 1.61. The van der Waals surface area contributed by atoms with E-state index in [4.69, 9.17) is 4.98 Å². The summed E-state index contributed by atoms with van der Waals surface area (Å²) in [7, 11) is 0. The number of nitrogens with zero attached hydrogens (tertiary/aromatic N) is 3. The van der Waals surface area contributed by atoms with Gasteiger partial charge in [0.05, 0.1) is 11.1 Å². The summed E-state index contributed by atoms with van der Waals surface area (Å²) in [5.74, 6) is 0.289. The normalized spacial score (nSPS) is 13.5. The Morgan fingerprint density at radius 2 is 2.21 bits per heavy atom. The number of anilines is 1. The van der Waals surface area contributed by atoms with Crippen LogP contribution < -0.4 is 10.5 Å². The second kappa shape index (κ2) is 8.55. The molecule has 0 unspecified atom stereocenters. The number of benzene rings is 1. The predicted molar refractivity (Wildman–Crippen MR) is 121 cm³/mol. The van der Waals surface area contributed by atoms with Crippen LogP contribution in [0.15, 0.2) is 52.9 Å². The number of thiophene rings is 1. The minimum atomic E-state index is -0.0656. The number of fused-ring (bicyclic) bond motifs is 2. The second-order valence-electron chi connectivity index (χ2n) is 6.95. The standard InChI is InChI=1S/C22H23N3O2S2/c1-3-11-25-21(27)17-13-16(4-2)29-20(17)23-22(25)28-14-19(26)24-12-7-9-15-8-5-6-10-18(15)24/h3,5-6,8,10,13H,1,4,7,9,11-12,14H2,2H3. The molecular formula is C22H23N3O2S2. The van der Waals surface area contributed by atoms with Crippen molar-refractivity contribution in [1.29, 1.82) is 0 Å². The average Bonchev–Trinajstić information content (AvgIpc) is 3.17. The molecule has 3 heterocycles. The molecule has 29 heavy (non-hydrogen) atoms. The van der Waals surface area contributed by atoms with Gasteiger partial charge in [0.25, 0.3) is 5.56 Å². The number of carbonyl (C=O) groups excluding carboxylic acids is 1. The van der Waals surface area contributed by atoms with Crippen LogP contribution >= 0.6 is 23.1 Å². The van der Waals surface area contributed by atoms with Gasteiger partial charge in [-0.15, -0.1) is 17.9 Å². The highest BCUT2D eigenvalue weighted by Gasteiger charge is 2.23. The lowest BCUT2D eigenvalue weighted by Crippen LogP contribution is -2.36. The molecule has 1 aliphatic rings. The van der Waals surface area contributed by atoms with Crippen molar-refractivity contribution >= 4 is 44.9 Å². The maximum Gasteiger partial charge on any atom is 0.263 e. The van der Waals surface area contributed by atoms with E-state index in [1.54, 1.807) is 22.0 Å². The summed E-state index contributed by atoms with van der Waals surface area (Å²) in [6, 6.07) is 10.0. The monoisotopic (exact) mass is 425 g/mol. The Hall–Kier alpha value is -2.38. The minimum absolute atomic E-state index is 0.0436. The molecule has 1 aliphatic heterocycles. The number of para-hydroxylation sites is 1. The zero-order chi connectivity index (χ0) is 20.4. The van der Waals surface area contributed by atoms with Crippen LogP contribution in [0.3, 0.4) is 0 Å². The molecule has 3 aromatic rings. The minimum Gasteiger partial charge on any atom is -0.311 e. The van der Waals surface area contributed by atoms with Crippen LogP contribution in [0.25, 0.3) is 10.2 Å². The molecule has 150 valence electrons. The molecule has 0 saturated carbocycles. The van der Waals surface area contributed by atoms with Crippen molar-refractivity contribution in [3.05, 3.63) is 63.8 Å². The summed E-state index contributed by atoms with van der Waals surface area (Å²) in [6.07, 6.45) is 4.53. The van der Waals surface area contributed by atoms with Gasteiger partial charge >= 0.3 is 0 Å². The fraction of sp³-hybridized carbons (Fsp3) is 0.318. The van der Waals surface area contributed by atoms with E-state index >= 15 is 0 Å². The molecule has 0 bridgehead atoms. The number of aryl methyl sites for hydroxylation is 2. The summed E-state index contributed by atoms with van der Waals surface area (Å²) >= 11 is 2.88. The van der Waals surface area contributed by atoms with Crippen molar-refractivity contribution in [3.63, 3.8) is 0 Å². The first-order valence-corrected chi connectivity index (χ1v) is 11.6. The number of hydrogen-bond acceptors (Lipinski definition) is 5. The lowest BCUT2D eigenvalue weighted by molar-refractivity contribution is -0.116. The highest BCUT2D eigenvalue weighted by Crippen LogP contribution is 2.29. The number of rotatable bonds is 6. The number of carbonyl (C=O) groups is 1. The van der Waals surface area contributed by atoms with Crippen LogP contribution in [0.2, 0.25) is 0 Å². The Morgan fingerprint density at radius 1 is 1.38 bits per heavy atom. The van der Waals surface area contributed by atoms with Crippen LogP contribution in [-0.2, 0) is 24.2 Å². The van der Waals surface area contributed by atoms with Crippen molar-refractivity contribution in [2.75, 3.05) is 17.2 Å². The van der Waals surface area contributed by atoms with E-state index in [0.717, 1.165) is 41.2 Å². The molecule has 4 rings (SSSR count). The fourth-order valence-corrected chi connectivity index (χ4v) is 5.51. The molecule has 0 radical (unpaired) electrons. The van der Waals surface area contributed by atoms with Gasteiger partial charge in [-0.1, -0.05) is 43.0 Å². The Morgan fingerprint density at radius 3 is 3.00 bits per heavy atom. The highest BCUT2D eigenvalue weighted by molar-refractivity contribution is 7.99. The lowest BCUT2D eigenvalue weighted by atomic mass is 10.0. The zero-order valence-corrected chi connectivity index (χ0v) is 18.0. The van der Waals surface area contributed by atoms with E-state index in [1.165, 1.54) is 17.3 Å². The van der Waals surface area contributed by atoms with Crippen molar-refractivity contribution in [2.24, 2.45) is 0 Å². The summed E-state index contributed by atoms with van der Waals surface area (Å²) in [5, 5.41) is 1.22. The molecule has 1 amide bonds. The number of thioether (sulfide) groups is 1. The predicted octanol–water partition coefficient (Wildman–Crippen LogP) is 4.28. The topological polar surface area (TPSA) is 55.2 Å². The van der Waals surface area contributed by atoms with Crippen LogP contribution in [-0.4, -0.2) is 27.8 Å². The van der Waals surface area contributed by atoms with Gasteiger partial charge < -0.3 is 4.90 Å². The molecule has 0 saturated heterocycles. The molecule has 0 fully saturated rings. The second-order valence-corrected chi connectivity index (χ2v) is 9.01. The van der Waals surface area contributed by atoms with Gasteiger partial charge in [0.1, 0.15) is 4.83 Å². The Labute approximate surface area is 178 Å². The molecule has 2 aromatic heterocycles. The van der Waals surface area contributed by atoms with Crippen LogP contribution in [0.4, 0.5) is 5.69 Å². The fourth-order valence-electron chi connectivity index (χ4n) is 3.62. The van der Waals surface area contributed by atoms with Crippen LogP contribution in [0.5, 0.6) is 0 Å². The van der Waals surface area contributed by atoms with E-state index in [9.17, 15) is 9.59 Å². The maximum absolute atomic E-state index is 13.0. The Balaban J connectivity index is 1.61. The van der Waals surface area contributed by atoms with Gasteiger partial charge in [0.15, 0.2) is 5.16 Å². The zero-order valence-electron chi connectivity index (χ0n) is 16.4. The number of aromatic nitrogens is 2. The van der Waals surface area contributed by atoms with E-state index < -0.39 is 0 Å². The molecular weight excluding hydrogens is 402 g/mol. The van der Waals surface area contributed by atoms with Crippen LogP contribution in [0, 0.1) is 0 Å². The van der Waals surface area contributed by atoms with E-state index in [-0.39, 0.29) is 17.2 Å². The quantitative estimate of drug-likeness (QED) is 0.336. The first kappa shape index (κ1) is 19.9. The third kappa shape index (κ3) is 3.89. The van der Waals surface area contributed by atoms with Gasteiger partial charge in [0.2, 0.25) is 5.91 Å². The van der Waals surface area contributed by atoms with E-state index in [2.05, 4.69) is 19.6 Å². The van der Waals surface area contributed by atoms with Gasteiger partial charge in [0, 0.05) is 23.7 Å². The molecule has 5 nitrogen and oxygen atoms in total. The largest absolute Gasteiger partial charge is 0.311 e. The summed E-state index contributed by atoms with van der Waals surface area (Å²) in [5.41, 5.74) is 2.15. The van der Waals surface area contributed by atoms with Crippen molar-refractivity contribution in [1.82, 2.24) is 9.55 Å². The van der Waals surface area contributed by atoms with Gasteiger partial charge in [-0.3, -0.25) is 14.2 Å². The van der Waals surface area contributed by atoms with Gasteiger partial charge in [-0.2, -0.15) is 0 Å². The smallest absolute Gasteiger partial charge is 0.263 e. The lowest BCUT2D eigenvalue weighted by Gasteiger charge is -2.29. The molecule has 0 spiro atoms. The first-order valence-electron chi connectivity index (χ1n) is 9.77. The first-order chi connectivity index (χ1) is 14.1. The molecule has 0 N–H and O–H groups in total. The van der Waals surface area contributed by atoms with Crippen molar-refractivity contribution in [3.8, 4) is 0 Å². The third-order valence-electron chi connectivity index (χ3n) is 5.06. The highest BCUT2D eigenvalue weighted by atomic mass is 32.2. The SMILES string of the molecule is C=CCn1c(SCC(=O)N2CCCc3ccccc32)nc2sc(CC)cc2c1=O. The van der Waals surface area contributed by atoms with E-state index in [0.29, 0.717) is 17.1 Å². The van der Waals surface area contributed by atoms with Crippen molar-refractivity contribution in [2.45, 2.75) is 37.9 Å². The molecule has 1 aromatic carbocycles. The summed E-state index contributed by atoms with van der Waals surface area (Å²) in [4.78, 5) is 34.4. The van der Waals surface area contributed by atoms with Gasteiger partial charge in [-0.25, -0.2) is 4.98 Å². The third-order valence-corrected chi connectivity index (χ3v) is 7.20. The average molecular weight is 426 g/mol. The van der Waals surface area contributed by atoms with Crippen LogP contribution in [0.1, 0.15) is 23.8 Å². The molecule has 7 heteroatoms. The number of allylic oxidation sites excluding steroid dienone is 1. The van der Waals surface area contributed by atoms with E-state index in [1.807, 2.05) is 29.2 Å². The maximum atomic E-state index is 13.0. The summed E-state index contributed by atoms with van der Waals surface area (Å²) in [6.45, 7) is 6.94. The molecule has 0 atom stereocenters. The van der Waals surface area contributed by atoms with Gasteiger partial charge in [-0.05, 0) is 37.0 Å². The number of amides is 1. The Bertz CT molecular complexity index is 1130. The Kier molecular flexibility index (Phi) is 5.87. The van der Waals surface area contributed by atoms with Crippen molar-refractivity contribution < 1.29 is 4.79 Å².